The molecular formula is C12H24N4. The molecule has 0 aromatic rings. The van der Waals surface area contributed by atoms with Gasteiger partial charge in [0.15, 0.2) is 5.96 Å². The molecule has 0 amide bonds. The summed E-state index contributed by atoms with van der Waals surface area (Å²) in [5.74, 6) is 0.770. The van der Waals surface area contributed by atoms with Crippen molar-refractivity contribution in [3.05, 3.63) is 0 Å². The average Bonchev–Trinajstić information content (AvgIpc) is 2.60. The van der Waals surface area contributed by atoms with Gasteiger partial charge in [-0.2, -0.15) is 0 Å². The van der Waals surface area contributed by atoms with Crippen LogP contribution >= 0.6 is 0 Å². The van der Waals surface area contributed by atoms with E-state index in [1.807, 2.05) is 0 Å². The summed E-state index contributed by atoms with van der Waals surface area (Å²) in [5.41, 5.74) is 6.26. The molecule has 16 heavy (non-hydrogen) atoms. The van der Waals surface area contributed by atoms with Crippen molar-refractivity contribution in [3.8, 4) is 0 Å². The van der Waals surface area contributed by atoms with Crippen molar-refractivity contribution in [1.82, 2.24) is 9.80 Å². The number of aliphatic imine (C=N–C) groups is 1. The van der Waals surface area contributed by atoms with Crippen molar-refractivity contribution in [1.29, 1.82) is 0 Å². The minimum atomic E-state index is 0.256. The van der Waals surface area contributed by atoms with Gasteiger partial charge in [0.05, 0.1) is 12.1 Å². The maximum Gasteiger partial charge on any atom is 0.191 e. The smallest absolute Gasteiger partial charge is 0.191 e. The lowest BCUT2D eigenvalue weighted by molar-refractivity contribution is 0.0887. The summed E-state index contributed by atoms with van der Waals surface area (Å²) in [6, 6.07) is 0. The van der Waals surface area contributed by atoms with Gasteiger partial charge in [-0.05, 0) is 25.8 Å². The number of nitrogens with two attached hydrogens (primary N) is 1. The van der Waals surface area contributed by atoms with Crippen LogP contribution in [0.3, 0.4) is 0 Å². The molecule has 0 radical (unpaired) electrons. The van der Waals surface area contributed by atoms with Crippen LogP contribution in [0, 0.1) is 0 Å². The number of likely N-dealkylation sites (tertiary alicyclic amines) is 1. The van der Waals surface area contributed by atoms with E-state index in [1.165, 1.54) is 32.5 Å². The molecule has 2 N–H and O–H groups in total. The van der Waals surface area contributed by atoms with Crippen LogP contribution in [-0.4, -0.2) is 54.0 Å². The predicted octanol–water partition coefficient (Wildman–Crippen LogP) is 0.881. The van der Waals surface area contributed by atoms with Gasteiger partial charge in [-0.1, -0.05) is 13.8 Å². The standard InChI is InChI=1S/C12H24N4/c1-3-7-16-11(13)14-10-12(16)5-8-15(4-2)9-6-12/h3-10H2,1-2H3,(H2,13,14). The molecule has 4 heteroatoms. The van der Waals surface area contributed by atoms with Gasteiger partial charge in [0.1, 0.15) is 0 Å². The zero-order chi connectivity index (χ0) is 11.6. The second kappa shape index (κ2) is 4.62. The van der Waals surface area contributed by atoms with Crippen molar-refractivity contribution >= 4 is 5.96 Å². The van der Waals surface area contributed by atoms with Crippen molar-refractivity contribution in [2.24, 2.45) is 10.7 Å². The highest BCUT2D eigenvalue weighted by Gasteiger charge is 2.43. The van der Waals surface area contributed by atoms with E-state index in [0.29, 0.717) is 0 Å². The largest absolute Gasteiger partial charge is 0.370 e. The molecule has 0 bridgehead atoms. The van der Waals surface area contributed by atoms with Gasteiger partial charge in [-0.25, -0.2) is 0 Å². The Hall–Kier alpha value is -0.770. The van der Waals surface area contributed by atoms with Crippen LogP contribution in [0.5, 0.6) is 0 Å². The average molecular weight is 224 g/mol. The third-order valence-corrected chi connectivity index (χ3v) is 4.07. The van der Waals surface area contributed by atoms with Crippen molar-refractivity contribution in [3.63, 3.8) is 0 Å². The molecule has 2 aliphatic heterocycles. The normalized spacial score (nSPS) is 25.1. The van der Waals surface area contributed by atoms with E-state index in [0.717, 1.165) is 25.5 Å². The molecule has 2 rings (SSSR count). The summed E-state index contributed by atoms with van der Waals surface area (Å²) < 4.78 is 0. The summed E-state index contributed by atoms with van der Waals surface area (Å²) in [7, 11) is 0. The third kappa shape index (κ3) is 1.90. The molecule has 0 unspecified atom stereocenters. The first-order valence-electron chi connectivity index (χ1n) is 6.52. The molecule has 4 nitrogen and oxygen atoms in total. The first kappa shape index (κ1) is 11.7. The molecule has 0 aliphatic carbocycles. The summed E-state index contributed by atoms with van der Waals surface area (Å²) in [4.78, 5) is 9.34. The minimum absolute atomic E-state index is 0.256. The lowest BCUT2D eigenvalue weighted by Gasteiger charge is -2.45. The molecule has 2 heterocycles. The third-order valence-electron chi connectivity index (χ3n) is 4.07. The number of guanidine groups is 1. The fourth-order valence-electron chi connectivity index (χ4n) is 2.93. The second-order valence-corrected chi connectivity index (χ2v) is 4.98. The molecule has 1 fully saturated rings. The van der Waals surface area contributed by atoms with Gasteiger partial charge in [0.25, 0.3) is 0 Å². The fraction of sp³-hybridized carbons (Fsp3) is 0.917. The first-order valence-corrected chi connectivity index (χ1v) is 6.52. The van der Waals surface area contributed by atoms with E-state index in [9.17, 15) is 0 Å². The van der Waals surface area contributed by atoms with Gasteiger partial charge in [-0.15, -0.1) is 0 Å². The zero-order valence-corrected chi connectivity index (χ0v) is 10.6. The number of piperidine rings is 1. The molecule has 1 spiro atoms. The Morgan fingerprint density at radius 3 is 2.56 bits per heavy atom. The Morgan fingerprint density at radius 2 is 2.00 bits per heavy atom. The molecule has 0 aromatic carbocycles. The summed E-state index contributed by atoms with van der Waals surface area (Å²) >= 11 is 0. The maximum atomic E-state index is 6.00. The molecule has 0 aromatic heterocycles. The van der Waals surface area contributed by atoms with Gasteiger partial charge in [0, 0.05) is 19.6 Å². The van der Waals surface area contributed by atoms with Gasteiger partial charge >= 0.3 is 0 Å². The van der Waals surface area contributed by atoms with E-state index < -0.39 is 0 Å². The van der Waals surface area contributed by atoms with E-state index in [2.05, 4.69) is 28.6 Å². The van der Waals surface area contributed by atoms with Crippen LogP contribution in [0.1, 0.15) is 33.1 Å². The number of hydrogen-bond acceptors (Lipinski definition) is 4. The van der Waals surface area contributed by atoms with Gasteiger partial charge in [0.2, 0.25) is 0 Å². The Kier molecular flexibility index (Phi) is 3.38. The highest BCUT2D eigenvalue weighted by atomic mass is 15.4. The Bertz CT molecular complexity index is 266. The number of rotatable bonds is 3. The topological polar surface area (TPSA) is 44.9 Å². The van der Waals surface area contributed by atoms with Crippen LogP contribution < -0.4 is 5.73 Å². The zero-order valence-electron chi connectivity index (χ0n) is 10.6. The van der Waals surface area contributed by atoms with Crippen molar-refractivity contribution < 1.29 is 0 Å². The molecule has 1 saturated heterocycles. The lowest BCUT2D eigenvalue weighted by Crippen LogP contribution is -2.57. The van der Waals surface area contributed by atoms with Gasteiger partial charge < -0.3 is 15.5 Å². The molecule has 2 aliphatic rings. The van der Waals surface area contributed by atoms with Crippen LogP contribution in [0.25, 0.3) is 0 Å². The quantitative estimate of drug-likeness (QED) is 0.774. The van der Waals surface area contributed by atoms with E-state index in [1.54, 1.807) is 0 Å². The highest BCUT2D eigenvalue weighted by Crippen LogP contribution is 2.32. The Balaban J connectivity index is 2.03. The Labute approximate surface area is 98.5 Å². The fourth-order valence-corrected chi connectivity index (χ4v) is 2.93. The highest BCUT2D eigenvalue weighted by molar-refractivity contribution is 5.81. The number of nitrogens with zero attached hydrogens (tertiary/aromatic N) is 3. The minimum Gasteiger partial charge on any atom is -0.370 e. The second-order valence-electron chi connectivity index (χ2n) is 4.98. The van der Waals surface area contributed by atoms with E-state index in [4.69, 9.17) is 5.73 Å². The monoisotopic (exact) mass is 224 g/mol. The van der Waals surface area contributed by atoms with Crippen molar-refractivity contribution in [2.75, 3.05) is 32.7 Å². The SMILES string of the molecule is CCCN1C(N)=NCC12CCN(CC)CC2. The van der Waals surface area contributed by atoms with Crippen molar-refractivity contribution in [2.45, 2.75) is 38.6 Å². The molecule has 92 valence electrons. The summed E-state index contributed by atoms with van der Waals surface area (Å²) in [5, 5.41) is 0. The first-order chi connectivity index (χ1) is 7.72. The molecule has 0 atom stereocenters. The van der Waals surface area contributed by atoms with Crippen LogP contribution in [0.2, 0.25) is 0 Å². The molecular weight excluding hydrogens is 200 g/mol. The van der Waals surface area contributed by atoms with Gasteiger partial charge in [-0.3, -0.25) is 4.99 Å². The predicted molar refractivity (Wildman–Crippen MR) is 67.6 cm³/mol. The summed E-state index contributed by atoms with van der Waals surface area (Å²) in [6.45, 7) is 9.97. The number of hydrogen-bond donors (Lipinski definition) is 1. The van der Waals surface area contributed by atoms with Crippen LogP contribution in [0.15, 0.2) is 4.99 Å². The van der Waals surface area contributed by atoms with E-state index >= 15 is 0 Å². The van der Waals surface area contributed by atoms with E-state index in [-0.39, 0.29) is 5.54 Å². The lowest BCUT2D eigenvalue weighted by atomic mass is 9.86. The van der Waals surface area contributed by atoms with Crippen LogP contribution in [0.4, 0.5) is 0 Å². The Morgan fingerprint density at radius 1 is 1.31 bits per heavy atom. The summed E-state index contributed by atoms with van der Waals surface area (Å²) in [6.07, 6.45) is 3.57. The molecule has 0 saturated carbocycles. The van der Waals surface area contributed by atoms with Crippen LogP contribution in [-0.2, 0) is 0 Å². The maximum absolute atomic E-state index is 6.00.